The summed E-state index contributed by atoms with van der Waals surface area (Å²) in [5, 5.41) is 12.6. The fraction of sp³-hybridized carbons (Fsp3) is 0.367. The number of nitrogens with one attached hydrogen (secondary N) is 2. The number of nitrogens with zero attached hydrogens (tertiary/aromatic N) is 4. The van der Waals surface area contributed by atoms with Gasteiger partial charge in [-0.25, -0.2) is 0 Å². The van der Waals surface area contributed by atoms with Gasteiger partial charge in [0.25, 0.3) is 5.91 Å². The van der Waals surface area contributed by atoms with E-state index in [0.29, 0.717) is 12.1 Å². The van der Waals surface area contributed by atoms with Crippen LogP contribution in [0.3, 0.4) is 0 Å². The zero-order valence-electron chi connectivity index (χ0n) is 21.4. The van der Waals surface area contributed by atoms with Crippen molar-refractivity contribution in [1.82, 2.24) is 25.4 Å². The summed E-state index contributed by atoms with van der Waals surface area (Å²) in [5.74, 6) is -0.00113. The Hall–Kier alpha value is -3.71. The van der Waals surface area contributed by atoms with E-state index in [4.69, 9.17) is 0 Å². The van der Waals surface area contributed by atoms with E-state index >= 15 is 0 Å². The van der Waals surface area contributed by atoms with E-state index in [2.05, 4.69) is 62.0 Å². The van der Waals surface area contributed by atoms with Crippen molar-refractivity contribution in [2.45, 2.75) is 50.2 Å². The predicted octanol–water partition coefficient (Wildman–Crippen LogP) is 4.30. The average molecular weight is 493 g/mol. The Labute approximate surface area is 216 Å². The summed E-state index contributed by atoms with van der Waals surface area (Å²) in [7, 11) is 1.92. The number of fused-ring (bicyclic) bond motifs is 3. The quantitative estimate of drug-likeness (QED) is 0.434. The molecule has 3 fully saturated rings. The van der Waals surface area contributed by atoms with Gasteiger partial charge in [-0.15, -0.1) is 0 Å². The lowest BCUT2D eigenvalue weighted by molar-refractivity contribution is 0.0930. The predicted molar refractivity (Wildman–Crippen MR) is 146 cm³/mol. The first-order chi connectivity index (χ1) is 18.0. The second kappa shape index (κ2) is 8.42. The highest BCUT2D eigenvalue weighted by molar-refractivity contribution is 5.98. The molecular weight excluding hydrogens is 460 g/mol. The minimum atomic E-state index is -0.382. The molecule has 2 unspecified atom stereocenters. The number of hydrogen-bond acceptors (Lipinski definition) is 5. The molecule has 0 radical (unpaired) electrons. The molecule has 188 valence electrons. The minimum Gasteiger partial charge on any atom is -0.368 e. The highest BCUT2D eigenvalue weighted by atomic mass is 16.1. The Bertz CT molecular complexity index is 1510. The van der Waals surface area contributed by atoms with Crippen LogP contribution in [0.5, 0.6) is 0 Å². The largest absolute Gasteiger partial charge is 0.368 e. The number of piperazine rings is 1. The molecule has 1 aliphatic carbocycles. The molecule has 4 heterocycles. The Kier molecular flexibility index (Phi) is 5.11. The van der Waals surface area contributed by atoms with Crippen LogP contribution >= 0.6 is 0 Å². The molecular formula is C30H32N6O. The van der Waals surface area contributed by atoms with Crippen molar-refractivity contribution in [3.8, 4) is 11.1 Å². The van der Waals surface area contributed by atoms with Gasteiger partial charge >= 0.3 is 0 Å². The number of carbonyl (C=O) groups is 1. The number of anilines is 1. The first-order valence-corrected chi connectivity index (χ1v) is 13.3. The van der Waals surface area contributed by atoms with Crippen molar-refractivity contribution >= 4 is 22.5 Å². The second-order valence-electron chi connectivity index (χ2n) is 11.1. The van der Waals surface area contributed by atoms with Crippen molar-refractivity contribution in [1.29, 1.82) is 0 Å². The highest BCUT2D eigenvalue weighted by Gasteiger charge is 2.47. The van der Waals surface area contributed by atoms with E-state index in [9.17, 15) is 4.79 Å². The number of amides is 1. The molecule has 2 N–H and O–H groups in total. The van der Waals surface area contributed by atoms with Crippen molar-refractivity contribution in [2.75, 3.05) is 18.0 Å². The maximum absolute atomic E-state index is 13.8. The van der Waals surface area contributed by atoms with Gasteiger partial charge in [0.1, 0.15) is 0 Å². The van der Waals surface area contributed by atoms with Crippen LogP contribution in [0, 0.1) is 6.92 Å². The van der Waals surface area contributed by atoms with Gasteiger partial charge in [0.2, 0.25) is 0 Å². The third-order valence-electron chi connectivity index (χ3n) is 8.42. The van der Waals surface area contributed by atoms with Crippen molar-refractivity contribution in [3.63, 3.8) is 0 Å². The molecule has 2 saturated heterocycles. The van der Waals surface area contributed by atoms with Gasteiger partial charge in [-0.1, -0.05) is 12.1 Å². The number of carbonyl (C=O) groups excluding carboxylic acids is 1. The van der Waals surface area contributed by atoms with Crippen LogP contribution in [0.25, 0.3) is 22.0 Å². The molecule has 2 aliphatic heterocycles. The fourth-order valence-electron chi connectivity index (χ4n) is 6.25. The van der Waals surface area contributed by atoms with Gasteiger partial charge < -0.3 is 15.5 Å². The van der Waals surface area contributed by atoms with Crippen LogP contribution in [0.4, 0.5) is 5.69 Å². The lowest BCUT2D eigenvalue weighted by atomic mass is 9.94. The summed E-state index contributed by atoms with van der Waals surface area (Å²) in [6.45, 7) is 4.04. The highest BCUT2D eigenvalue weighted by Crippen LogP contribution is 2.49. The molecule has 0 spiro atoms. The summed E-state index contributed by atoms with van der Waals surface area (Å²) in [4.78, 5) is 20.9. The molecule has 2 aromatic carbocycles. The Morgan fingerprint density at radius 2 is 1.89 bits per heavy atom. The monoisotopic (exact) mass is 492 g/mol. The molecule has 4 aromatic rings. The molecule has 2 atom stereocenters. The zero-order chi connectivity index (χ0) is 25.1. The van der Waals surface area contributed by atoms with Crippen LogP contribution < -0.4 is 15.5 Å². The molecule has 3 aliphatic rings. The average Bonchev–Trinajstić information content (AvgIpc) is 3.42. The van der Waals surface area contributed by atoms with Crippen molar-refractivity contribution in [2.24, 2.45) is 7.05 Å². The molecule has 2 bridgehead atoms. The van der Waals surface area contributed by atoms with Crippen LogP contribution in [-0.4, -0.2) is 45.8 Å². The SMILES string of the molecule is Cc1ccc(N2CC3CCC(C2)N3)cc1C(=O)NC1(c2cc(-c3cnn(C)c3)cc3ncccc23)CC1. The molecule has 2 aromatic heterocycles. The molecule has 7 heteroatoms. The third kappa shape index (κ3) is 3.98. The minimum absolute atomic E-state index is 0.00113. The lowest BCUT2D eigenvalue weighted by Crippen LogP contribution is -2.51. The fourth-order valence-corrected chi connectivity index (χ4v) is 6.25. The number of hydrogen-bond donors (Lipinski definition) is 2. The van der Waals surface area contributed by atoms with E-state index in [-0.39, 0.29) is 11.4 Å². The zero-order valence-corrected chi connectivity index (χ0v) is 21.4. The van der Waals surface area contributed by atoms with Crippen LogP contribution in [0.2, 0.25) is 0 Å². The summed E-state index contributed by atoms with van der Waals surface area (Å²) in [5.41, 5.74) is 6.73. The van der Waals surface area contributed by atoms with E-state index < -0.39 is 0 Å². The van der Waals surface area contributed by atoms with Gasteiger partial charge in [-0.3, -0.25) is 14.5 Å². The van der Waals surface area contributed by atoms with Gasteiger partial charge in [-0.05, 0) is 79.6 Å². The van der Waals surface area contributed by atoms with Crippen molar-refractivity contribution < 1.29 is 4.79 Å². The summed E-state index contributed by atoms with van der Waals surface area (Å²) in [6.07, 6.45) is 10.0. The smallest absolute Gasteiger partial charge is 0.252 e. The Morgan fingerprint density at radius 1 is 1.08 bits per heavy atom. The topological polar surface area (TPSA) is 75.1 Å². The van der Waals surface area contributed by atoms with E-state index in [0.717, 1.165) is 70.3 Å². The van der Waals surface area contributed by atoms with Gasteiger partial charge in [-0.2, -0.15) is 5.10 Å². The van der Waals surface area contributed by atoms with E-state index in [1.807, 2.05) is 43.3 Å². The normalized spacial score (nSPS) is 21.8. The summed E-state index contributed by atoms with van der Waals surface area (Å²) in [6, 6.07) is 15.9. The van der Waals surface area contributed by atoms with Crippen LogP contribution in [0.15, 0.2) is 61.1 Å². The molecule has 1 saturated carbocycles. The lowest BCUT2D eigenvalue weighted by Gasteiger charge is -2.35. The molecule has 7 nitrogen and oxygen atoms in total. The number of pyridine rings is 1. The van der Waals surface area contributed by atoms with Gasteiger partial charge in [0.05, 0.1) is 17.3 Å². The maximum atomic E-state index is 13.8. The summed E-state index contributed by atoms with van der Waals surface area (Å²) >= 11 is 0. The third-order valence-corrected chi connectivity index (χ3v) is 8.42. The summed E-state index contributed by atoms with van der Waals surface area (Å²) < 4.78 is 1.81. The molecule has 7 rings (SSSR count). The number of rotatable bonds is 5. The van der Waals surface area contributed by atoms with Gasteiger partial charge in [0, 0.05) is 66.8 Å². The second-order valence-corrected chi connectivity index (χ2v) is 11.1. The number of benzene rings is 2. The van der Waals surface area contributed by atoms with E-state index in [1.165, 1.54) is 12.8 Å². The van der Waals surface area contributed by atoms with E-state index in [1.54, 1.807) is 0 Å². The molecule has 1 amide bonds. The van der Waals surface area contributed by atoms with Gasteiger partial charge in [0.15, 0.2) is 0 Å². The first kappa shape index (κ1) is 22.5. The standard InChI is InChI=1S/C30H32N6O/c1-19-5-8-24(36-17-22-6-7-23(18-36)33-22)14-26(19)29(37)34-30(9-10-30)27-12-20(21-15-32-35(2)16-21)13-28-25(27)4-3-11-31-28/h3-5,8,11-16,22-23,33H,6-7,9-10,17-18H2,1-2H3,(H,34,37). The molecule has 37 heavy (non-hydrogen) atoms. The Morgan fingerprint density at radius 3 is 2.62 bits per heavy atom. The van der Waals surface area contributed by atoms with Crippen molar-refractivity contribution in [3.05, 3.63) is 77.7 Å². The maximum Gasteiger partial charge on any atom is 0.252 e. The Balaban J connectivity index is 1.22. The number of aryl methyl sites for hydroxylation is 2. The van der Waals surface area contributed by atoms with Crippen LogP contribution in [0.1, 0.15) is 47.2 Å². The number of aromatic nitrogens is 3. The van der Waals surface area contributed by atoms with Crippen LogP contribution in [-0.2, 0) is 12.6 Å². The first-order valence-electron chi connectivity index (χ1n) is 13.3.